The first-order chi connectivity index (χ1) is 16.2. The molecule has 0 unspecified atom stereocenters. The van der Waals surface area contributed by atoms with Crippen molar-refractivity contribution >= 4 is 40.7 Å². The van der Waals surface area contributed by atoms with Gasteiger partial charge in [0.15, 0.2) is 5.78 Å². The maximum atomic E-state index is 13.2. The van der Waals surface area contributed by atoms with Gasteiger partial charge >= 0.3 is 5.97 Å². The van der Waals surface area contributed by atoms with Crippen LogP contribution in [0, 0.1) is 5.41 Å². The molecule has 0 aliphatic carbocycles. The first kappa shape index (κ1) is 26.7. The fourth-order valence-electron chi connectivity index (χ4n) is 3.33. The van der Waals surface area contributed by atoms with Gasteiger partial charge in [-0.1, -0.05) is 18.2 Å². The molecular weight excluding hydrogens is 440 g/mol. The predicted octanol–water partition coefficient (Wildman–Crippen LogP) is 1.67. The highest BCUT2D eigenvalue weighted by Gasteiger charge is 2.29. The van der Waals surface area contributed by atoms with Gasteiger partial charge in [0.1, 0.15) is 12.1 Å². The van der Waals surface area contributed by atoms with E-state index in [-0.39, 0.29) is 38.2 Å². The SMILES string of the molecule is CNC(=O)CCO[C@@H](Cc1c[nH]c2ccccc12)C(=O)N[C@@H](CCC(=O)C=N)C(=O)OC(C)C. The number of nitrogens with one attached hydrogen (secondary N) is 4. The average Bonchev–Trinajstić information content (AvgIpc) is 3.22. The molecule has 0 radical (unpaired) electrons. The third-order valence-electron chi connectivity index (χ3n) is 5.09. The number of fused-ring (bicyclic) bond motifs is 1. The van der Waals surface area contributed by atoms with Gasteiger partial charge in [0.05, 0.1) is 18.9 Å². The highest BCUT2D eigenvalue weighted by atomic mass is 16.5. The molecule has 0 fully saturated rings. The summed E-state index contributed by atoms with van der Waals surface area (Å²) in [4.78, 5) is 52.0. The second kappa shape index (κ2) is 13.2. The molecule has 2 rings (SSSR count). The Labute approximate surface area is 198 Å². The second-order valence-electron chi connectivity index (χ2n) is 8.04. The highest BCUT2D eigenvalue weighted by Crippen LogP contribution is 2.20. The van der Waals surface area contributed by atoms with Crippen molar-refractivity contribution in [1.82, 2.24) is 15.6 Å². The molecule has 0 aliphatic rings. The molecule has 2 aromatic rings. The Kier molecular flexibility index (Phi) is 10.4. The number of esters is 1. The Hall–Kier alpha value is -3.53. The minimum absolute atomic E-state index is 0.00745. The van der Waals surface area contributed by atoms with E-state index in [9.17, 15) is 19.2 Å². The van der Waals surface area contributed by atoms with Crippen molar-refractivity contribution in [2.75, 3.05) is 13.7 Å². The Morgan fingerprint density at radius 2 is 1.88 bits per heavy atom. The van der Waals surface area contributed by atoms with Crippen molar-refractivity contribution in [3.8, 4) is 0 Å². The lowest BCUT2D eigenvalue weighted by atomic mass is 10.0. The van der Waals surface area contributed by atoms with E-state index in [1.807, 2.05) is 24.3 Å². The molecule has 0 bridgehead atoms. The molecule has 1 aromatic carbocycles. The quantitative estimate of drug-likeness (QED) is 0.243. The number of H-pyrrole nitrogens is 1. The summed E-state index contributed by atoms with van der Waals surface area (Å²) in [6.07, 6.45) is 1.24. The van der Waals surface area contributed by atoms with E-state index in [4.69, 9.17) is 14.9 Å². The topological polar surface area (TPSA) is 150 Å². The molecule has 2 amide bonds. The van der Waals surface area contributed by atoms with Crippen LogP contribution in [0.1, 0.15) is 38.7 Å². The lowest BCUT2D eigenvalue weighted by Crippen LogP contribution is -2.48. The van der Waals surface area contributed by atoms with E-state index in [0.717, 1.165) is 16.5 Å². The molecule has 0 aliphatic heterocycles. The van der Waals surface area contributed by atoms with E-state index in [0.29, 0.717) is 6.21 Å². The molecule has 1 heterocycles. The molecule has 0 saturated carbocycles. The third kappa shape index (κ3) is 8.11. The molecule has 0 saturated heterocycles. The number of amides is 2. The standard InChI is InChI=1S/C24H32N4O6/c1-15(2)34-24(32)20(9-8-17(29)13-25)28-23(31)21(33-11-10-22(30)26-3)12-16-14-27-19-7-5-4-6-18(16)19/h4-7,13-15,20-21,25,27H,8-12H2,1-3H3,(H,26,30)(H,28,31)/t20-,21-/m0/s1. The van der Waals surface area contributed by atoms with Crippen molar-refractivity contribution in [2.45, 2.75) is 57.8 Å². The molecule has 10 nitrogen and oxygen atoms in total. The van der Waals surface area contributed by atoms with Crippen LogP contribution in [0.5, 0.6) is 0 Å². The number of aromatic nitrogens is 1. The van der Waals surface area contributed by atoms with Gasteiger partial charge in [0.2, 0.25) is 11.8 Å². The van der Waals surface area contributed by atoms with Crippen LogP contribution >= 0.6 is 0 Å². The van der Waals surface area contributed by atoms with Crippen LogP contribution in [0.3, 0.4) is 0 Å². The number of carbonyl (C=O) groups excluding carboxylic acids is 4. The van der Waals surface area contributed by atoms with Crippen LogP contribution in [0.4, 0.5) is 0 Å². The zero-order chi connectivity index (χ0) is 25.1. The zero-order valence-corrected chi connectivity index (χ0v) is 19.7. The van der Waals surface area contributed by atoms with Crippen molar-refractivity contribution < 1.29 is 28.7 Å². The van der Waals surface area contributed by atoms with Crippen LogP contribution in [0.2, 0.25) is 0 Å². The third-order valence-corrected chi connectivity index (χ3v) is 5.09. The number of Topliss-reactive ketones (excluding diaryl/α,β-unsaturated/α-hetero) is 1. The minimum atomic E-state index is -1.08. The first-order valence-corrected chi connectivity index (χ1v) is 11.2. The summed E-state index contributed by atoms with van der Waals surface area (Å²) in [6.45, 7) is 3.37. The number of ketones is 1. The Bertz CT molecular complexity index is 1020. The summed E-state index contributed by atoms with van der Waals surface area (Å²) in [6, 6.07) is 6.55. The van der Waals surface area contributed by atoms with Gasteiger partial charge in [0, 0.05) is 43.4 Å². The maximum absolute atomic E-state index is 13.2. The number of rotatable bonds is 14. The van der Waals surface area contributed by atoms with Gasteiger partial charge < -0.3 is 30.5 Å². The maximum Gasteiger partial charge on any atom is 0.328 e. The molecule has 10 heteroatoms. The molecule has 0 spiro atoms. The fourth-order valence-corrected chi connectivity index (χ4v) is 3.33. The van der Waals surface area contributed by atoms with Crippen LogP contribution in [0.15, 0.2) is 30.5 Å². The van der Waals surface area contributed by atoms with E-state index < -0.39 is 35.9 Å². The van der Waals surface area contributed by atoms with Gasteiger partial charge in [-0.2, -0.15) is 0 Å². The summed E-state index contributed by atoms with van der Waals surface area (Å²) in [5, 5.41) is 13.1. The number of benzene rings is 1. The molecule has 2 atom stereocenters. The Morgan fingerprint density at radius 1 is 1.15 bits per heavy atom. The van der Waals surface area contributed by atoms with Crippen molar-refractivity contribution in [1.29, 1.82) is 5.41 Å². The molecule has 34 heavy (non-hydrogen) atoms. The average molecular weight is 473 g/mol. The first-order valence-electron chi connectivity index (χ1n) is 11.2. The summed E-state index contributed by atoms with van der Waals surface area (Å²) in [7, 11) is 1.51. The van der Waals surface area contributed by atoms with E-state index in [1.54, 1.807) is 20.0 Å². The fraction of sp³-hybridized carbons (Fsp3) is 0.458. The van der Waals surface area contributed by atoms with Gasteiger partial charge in [-0.3, -0.25) is 14.4 Å². The van der Waals surface area contributed by atoms with Crippen LogP contribution in [-0.2, 0) is 35.1 Å². The normalized spacial score (nSPS) is 12.7. The summed E-state index contributed by atoms with van der Waals surface area (Å²) in [5.41, 5.74) is 1.75. The number of para-hydroxylation sites is 1. The smallest absolute Gasteiger partial charge is 0.328 e. The van der Waals surface area contributed by atoms with Crippen LogP contribution in [-0.4, -0.2) is 66.7 Å². The number of hydrogen-bond donors (Lipinski definition) is 4. The number of carbonyl (C=O) groups is 4. The molecule has 4 N–H and O–H groups in total. The summed E-state index contributed by atoms with van der Waals surface area (Å²) in [5.74, 6) is -1.92. The zero-order valence-electron chi connectivity index (χ0n) is 19.7. The minimum Gasteiger partial charge on any atom is -0.461 e. The van der Waals surface area contributed by atoms with Crippen LogP contribution in [0.25, 0.3) is 10.9 Å². The Morgan fingerprint density at radius 3 is 2.56 bits per heavy atom. The highest BCUT2D eigenvalue weighted by molar-refractivity contribution is 6.26. The van der Waals surface area contributed by atoms with Gasteiger partial charge in [-0.05, 0) is 31.9 Å². The van der Waals surface area contributed by atoms with Crippen molar-refractivity contribution in [3.63, 3.8) is 0 Å². The second-order valence-corrected chi connectivity index (χ2v) is 8.04. The predicted molar refractivity (Wildman–Crippen MR) is 127 cm³/mol. The lowest BCUT2D eigenvalue weighted by molar-refractivity contribution is -0.153. The summed E-state index contributed by atoms with van der Waals surface area (Å²) < 4.78 is 11.0. The van der Waals surface area contributed by atoms with Crippen LogP contribution < -0.4 is 10.6 Å². The summed E-state index contributed by atoms with van der Waals surface area (Å²) >= 11 is 0. The molecular formula is C24H32N4O6. The van der Waals surface area contributed by atoms with E-state index >= 15 is 0 Å². The van der Waals surface area contributed by atoms with E-state index in [2.05, 4.69) is 15.6 Å². The van der Waals surface area contributed by atoms with Gasteiger partial charge in [0.25, 0.3) is 0 Å². The molecule has 184 valence electrons. The monoisotopic (exact) mass is 472 g/mol. The van der Waals surface area contributed by atoms with Gasteiger partial charge in [-0.15, -0.1) is 0 Å². The lowest BCUT2D eigenvalue weighted by Gasteiger charge is -2.23. The number of hydrogen-bond acceptors (Lipinski definition) is 7. The Balaban J connectivity index is 2.20. The molecule has 1 aromatic heterocycles. The number of aromatic amines is 1. The van der Waals surface area contributed by atoms with E-state index in [1.165, 1.54) is 7.05 Å². The van der Waals surface area contributed by atoms with Crippen molar-refractivity contribution in [3.05, 3.63) is 36.0 Å². The van der Waals surface area contributed by atoms with Crippen molar-refractivity contribution in [2.24, 2.45) is 0 Å². The largest absolute Gasteiger partial charge is 0.461 e. The van der Waals surface area contributed by atoms with Gasteiger partial charge in [-0.25, -0.2) is 4.79 Å². The number of ether oxygens (including phenoxy) is 2.